The van der Waals surface area contributed by atoms with Crippen molar-refractivity contribution >= 4 is 7.82 Å². The van der Waals surface area contributed by atoms with Gasteiger partial charge in [-0.15, -0.1) is 0 Å². The molecular formula is C9H14NO6P. The zero-order valence-electron chi connectivity index (χ0n) is 8.75. The number of phosphoric acid groups is 1. The maximum atomic E-state index is 10.5. The fraction of sp³-hybridized carbons (Fsp3) is 0.333. The quantitative estimate of drug-likeness (QED) is 0.356. The molecule has 96 valence electrons. The highest BCUT2D eigenvalue weighted by atomic mass is 31.2. The Labute approximate surface area is 97.7 Å². The summed E-state index contributed by atoms with van der Waals surface area (Å²) in [6.07, 6.45) is -3.26. The van der Waals surface area contributed by atoms with Crippen LogP contribution in [0.15, 0.2) is 30.3 Å². The SMILES string of the molecule is N[C@H](C(O)OP(=O)(O)O)[C@@H](O)c1ccccc1. The van der Waals surface area contributed by atoms with E-state index >= 15 is 0 Å². The summed E-state index contributed by atoms with van der Waals surface area (Å²) in [7, 11) is -4.85. The Morgan fingerprint density at radius 3 is 2.18 bits per heavy atom. The highest BCUT2D eigenvalue weighted by Gasteiger charge is 2.30. The predicted octanol–water partition coefficient (Wildman–Crippen LogP) is -0.525. The first-order valence-electron chi connectivity index (χ1n) is 4.72. The molecule has 0 heterocycles. The lowest BCUT2D eigenvalue weighted by Gasteiger charge is -2.24. The summed E-state index contributed by atoms with van der Waals surface area (Å²) < 4.78 is 14.5. The molecule has 17 heavy (non-hydrogen) atoms. The normalized spacial score (nSPS) is 17.5. The van der Waals surface area contributed by atoms with Gasteiger partial charge >= 0.3 is 7.82 Å². The fourth-order valence-corrected chi connectivity index (χ4v) is 1.66. The van der Waals surface area contributed by atoms with Crippen LogP contribution in [0, 0.1) is 0 Å². The number of nitrogens with two attached hydrogens (primary N) is 1. The van der Waals surface area contributed by atoms with E-state index < -0.39 is 26.3 Å². The number of hydrogen-bond acceptors (Lipinski definition) is 5. The zero-order chi connectivity index (χ0) is 13.1. The summed E-state index contributed by atoms with van der Waals surface area (Å²) >= 11 is 0. The number of rotatable bonds is 5. The van der Waals surface area contributed by atoms with Crippen LogP contribution in [0.3, 0.4) is 0 Å². The molecule has 1 aromatic carbocycles. The smallest absolute Gasteiger partial charge is 0.387 e. The van der Waals surface area contributed by atoms with Crippen molar-refractivity contribution in [3.05, 3.63) is 35.9 Å². The molecule has 6 N–H and O–H groups in total. The van der Waals surface area contributed by atoms with E-state index in [1.54, 1.807) is 30.3 Å². The van der Waals surface area contributed by atoms with Crippen LogP contribution in [0.25, 0.3) is 0 Å². The highest BCUT2D eigenvalue weighted by molar-refractivity contribution is 7.46. The average molecular weight is 263 g/mol. The van der Waals surface area contributed by atoms with E-state index in [1.807, 2.05) is 0 Å². The molecule has 1 aromatic rings. The van der Waals surface area contributed by atoms with Crippen molar-refractivity contribution in [2.24, 2.45) is 5.73 Å². The topological polar surface area (TPSA) is 133 Å². The third-order valence-electron chi connectivity index (χ3n) is 2.08. The van der Waals surface area contributed by atoms with E-state index in [9.17, 15) is 14.8 Å². The van der Waals surface area contributed by atoms with E-state index in [0.29, 0.717) is 5.56 Å². The van der Waals surface area contributed by atoms with Crippen LogP contribution >= 0.6 is 7.82 Å². The fourth-order valence-electron chi connectivity index (χ4n) is 1.24. The van der Waals surface area contributed by atoms with Crippen molar-refractivity contribution in [1.82, 2.24) is 0 Å². The van der Waals surface area contributed by atoms with Gasteiger partial charge in [0.15, 0.2) is 6.29 Å². The summed E-state index contributed by atoms with van der Waals surface area (Å²) in [5, 5.41) is 19.0. The maximum Gasteiger partial charge on any atom is 0.471 e. The Morgan fingerprint density at radius 2 is 1.71 bits per heavy atom. The Balaban J connectivity index is 2.70. The zero-order valence-corrected chi connectivity index (χ0v) is 9.64. The van der Waals surface area contributed by atoms with Crippen LogP contribution < -0.4 is 5.73 Å². The van der Waals surface area contributed by atoms with E-state index in [-0.39, 0.29) is 0 Å². The van der Waals surface area contributed by atoms with Crippen molar-refractivity contribution in [1.29, 1.82) is 0 Å². The van der Waals surface area contributed by atoms with Gasteiger partial charge < -0.3 is 25.7 Å². The molecule has 0 radical (unpaired) electrons. The summed E-state index contributed by atoms with van der Waals surface area (Å²) in [5.41, 5.74) is 5.84. The Kier molecular flexibility index (Phi) is 4.79. The Bertz CT molecular complexity index is 394. The summed E-state index contributed by atoms with van der Waals surface area (Å²) in [4.78, 5) is 17.0. The maximum absolute atomic E-state index is 10.5. The second-order valence-electron chi connectivity index (χ2n) is 3.42. The number of benzene rings is 1. The molecule has 0 spiro atoms. The molecular weight excluding hydrogens is 249 g/mol. The van der Waals surface area contributed by atoms with Gasteiger partial charge in [-0.3, -0.25) is 4.52 Å². The van der Waals surface area contributed by atoms with Crippen molar-refractivity contribution in [3.63, 3.8) is 0 Å². The summed E-state index contributed by atoms with van der Waals surface area (Å²) in [6.45, 7) is 0. The Morgan fingerprint density at radius 1 is 1.18 bits per heavy atom. The molecule has 3 atom stereocenters. The minimum Gasteiger partial charge on any atom is -0.387 e. The second kappa shape index (κ2) is 5.70. The van der Waals surface area contributed by atoms with Gasteiger partial charge in [0, 0.05) is 0 Å². The van der Waals surface area contributed by atoms with Crippen LogP contribution in [0.2, 0.25) is 0 Å². The van der Waals surface area contributed by atoms with Crippen LogP contribution in [0.5, 0.6) is 0 Å². The minimum absolute atomic E-state index is 0.411. The van der Waals surface area contributed by atoms with E-state index in [2.05, 4.69) is 4.52 Å². The third kappa shape index (κ3) is 4.53. The standard InChI is InChI=1S/C9H14NO6P/c10-7(9(12)16-17(13,14)15)8(11)6-4-2-1-3-5-6/h1-5,7-9,11-12H,10H2,(H2,13,14,15)/t7-,8-,9?/m0/s1. The molecule has 0 fully saturated rings. The van der Waals surface area contributed by atoms with Crippen molar-refractivity contribution in [2.75, 3.05) is 0 Å². The van der Waals surface area contributed by atoms with Crippen LogP contribution in [-0.4, -0.2) is 32.3 Å². The van der Waals surface area contributed by atoms with E-state index in [0.717, 1.165) is 0 Å². The first-order valence-corrected chi connectivity index (χ1v) is 6.25. The summed E-state index contributed by atoms with van der Waals surface area (Å²) in [6, 6.07) is 6.79. The molecule has 0 saturated carbocycles. The lowest BCUT2D eigenvalue weighted by molar-refractivity contribution is -0.0808. The number of phosphoric ester groups is 1. The van der Waals surface area contributed by atoms with Gasteiger partial charge in [-0.2, -0.15) is 0 Å². The van der Waals surface area contributed by atoms with Crippen molar-refractivity contribution in [2.45, 2.75) is 18.4 Å². The van der Waals surface area contributed by atoms with Crippen LogP contribution in [0.4, 0.5) is 0 Å². The van der Waals surface area contributed by atoms with Crippen molar-refractivity contribution < 1.29 is 29.1 Å². The molecule has 7 nitrogen and oxygen atoms in total. The lowest BCUT2D eigenvalue weighted by atomic mass is 10.0. The lowest BCUT2D eigenvalue weighted by Crippen LogP contribution is -2.41. The molecule has 0 saturated heterocycles. The van der Waals surface area contributed by atoms with Gasteiger partial charge in [0.25, 0.3) is 0 Å². The van der Waals surface area contributed by atoms with E-state index in [1.165, 1.54) is 0 Å². The number of aliphatic hydroxyl groups is 2. The van der Waals surface area contributed by atoms with E-state index in [4.69, 9.17) is 15.5 Å². The van der Waals surface area contributed by atoms with Gasteiger partial charge in [0.2, 0.25) is 0 Å². The molecule has 1 unspecified atom stereocenters. The van der Waals surface area contributed by atoms with Gasteiger partial charge in [-0.05, 0) is 5.56 Å². The van der Waals surface area contributed by atoms with Crippen molar-refractivity contribution in [3.8, 4) is 0 Å². The van der Waals surface area contributed by atoms with Gasteiger partial charge in [0.05, 0.1) is 12.1 Å². The molecule has 8 heteroatoms. The Hall–Kier alpha value is -0.790. The first-order chi connectivity index (χ1) is 7.81. The average Bonchev–Trinajstić information content (AvgIpc) is 2.26. The molecule has 0 amide bonds. The third-order valence-corrected chi connectivity index (χ3v) is 2.57. The van der Waals surface area contributed by atoms with Crippen LogP contribution in [-0.2, 0) is 9.09 Å². The molecule has 0 aliphatic rings. The minimum atomic E-state index is -4.85. The molecule has 0 aromatic heterocycles. The van der Waals surface area contributed by atoms with Gasteiger partial charge in [-0.25, -0.2) is 4.57 Å². The predicted molar refractivity (Wildman–Crippen MR) is 58.5 cm³/mol. The molecule has 0 bridgehead atoms. The van der Waals surface area contributed by atoms with Crippen LogP contribution in [0.1, 0.15) is 11.7 Å². The van der Waals surface area contributed by atoms with Gasteiger partial charge in [-0.1, -0.05) is 30.3 Å². The number of hydrogen-bond donors (Lipinski definition) is 5. The first kappa shape index (κ1) is 14.3. The molecule has 0 aliphatic carbocycles. The molecule has 1 rings (SSSR count). The second-order valence-corrected chi connectivity index (χ2v) is 4.61. The highest BCUT2D eigenvalue weighted by Crippen LogP contribution is 2.38. The monoisotopic (exact) mass is 263 g/mol. The number of aliphatic hydroxyl groups excluding tert-OH is 2. The molecule has 0 aliphatic heterocycles. The largest absolute Gasteiger partial charge is 0.471 e. The summed E-state index contributed by atoms with van der Waals surface area (Å²) in [5.74, 6) is 0. The van der Waals surface area contributed by atoms with Gasteiger partial charge in [0.1, 0.15) is 0 Å².